The fraction of sp³-hybridized carbons (Fsp3) is 0.294. The van der Waals surface area contributed by atoms with Crippen LogP contribution in [0.3, 0.4) is 0 Å². The molecule has 0 radical (unpaired) electrons. The summed E-state index contributed by atoms with van der Waals surface area (Å²) in [4.78, 5) is 0. The average molecular weight is 273 g/mol. The first-order valence-corrected chi connectivity index (χ1v) is 6.71. The third-order valence-corrected chi connectivity index (χ3v) is 3.54. The minimum Gasteiger partial charge on any atom is -0.497 e. The molecule has 2 nitrogen and oxygen atoms in total. The topological polar surface area (TPSA) is 21.3 Å². The standard InChI is InChI=1S/C17H20FNO/c1-12-5-4-6-15(17(12)18)16(19-2)11-13-7-9-14(20-3)10-8-13/h4-10,16,19H,11H2,1-3H3. The molecule has 0 aliphatic rings. The molecule has 1 unspecified atom stereocenters. The molecule has 0 spiro atoms. The van der Waals surface area contributed by atoms with Crippen LogP contribution in [0.2, 0.25) is 0 Å². The molecule has 20 heavy (non-hydrogen) atoms. The number of aryl methyl sites for hydroxylation is 1. The van der Waals surface area contributed by atoms with Gasteiger partial charge in [-0.15, -0.1) is 0 Å². The molecule has 2 aromatic carbocycles. The number of methoxy groups -OCH3 is 1. The average Bonchev–Trinajstić information content (AvgIpc) is 2.48. The summed E-state index contributed by atoms with van der Waals surface area (Å²) in [7, 11) is 3.50. The van der Waals surface area contributed by atoms with Gasteiger partial charge in [0.15, 0.2) is 0 Å². The second kappa shape index (κ2) is 6.53. The molecule has 1 atom stereocenters. The van der Waals surface area contributed by atoms with Crippen molar-refractivity contribution in [3.8, 4) is 5.75 Å². The molecule has 0 amide bonds. The van der Waals surface area contributed by atoms with Gasteiger partial charge in [0, 0.05) is 11.6 Å². The Morgan fingerprint density at radius 2 is 1.85 bits per heavy atom. The minimum absolute atomic E-state index is 0.0386. The minimum atomic E-state index is -0.125. The van der Waals surface area contributed by atoms with Gasteiger partial charge in [0.05, 0.1) is 7.11 Å². The lowest BCUT2D eigenvalue weighted by Crippen LogP contribution is -2.20. The summed E-state index contributed by atoms with van der Waals surface area (Å²) in [6, 6.07) is 13.4. The molecule has 0 bridgehead atoms. The predicted octanol–water partition coefficient (Wildman–Crippen LogP) is 3.65. The third kappa shape index (κ3) is 3.17. The molecule has 0 fully saturated rings. The highest BCUT2D eigenvalue weighted by Gasteiger charge is 2.15. The van der Waals surface area contributed by atoms with Crippen LogP contribution in [0.5, 0.6) is 5.75 Å². The van der Waals surface area contributed by atoms with E-state index < -0.39 is 0 Å². The quantitative estimate of drug-likeness (QED) is 0.898. The molecule has 1 N–H and O–H groups in total. The molecule has 0 saturated heterocycles. The van der Waals surface area contributed by atoms with Crippen molar-refractivity contribution < 1.29 is 9.13 Å². The highest BCUT2D eigenvalue weighted by Crippen LogP contribution is 2.23. The number of hydrogen-bond donors (Lipinski definition) is 1. The van der Waals surface area contributed by atoms with Crippen LogP contribution >= 0.6 is 0 Å². The molecule has 106 valence electrons. The van der Waals surface area contributed by atoms with Gasteiger partial charge in [-0.2, -0.15) is 0 Å². The van der Waals surface area contributed by atoms with Crippen molar-refractivity contribution in [1.29, 1.82) is 0 Å². The fourth-order valence-electron chi connectivity index (χ4n) is 2.30. The molecule has 0 aliphatic heterocycles. The first-order valence-electron chi connectivity index (χ1n) is 6.71. The second-order valence-electron chi connectivity index (χ2n) is 4.87. The molecule has 3 heteroatoms. The summed E-state index contributed by atoms with van der Waals surface area (Å²) >= 11 is 0. The number of nitrogens with one attached hydrogen (secondary N) is 1. The number of rotatable bonds is 5. The van der Waals surface area contributed by atoms with Gasteiger partial charge >= 0.3 is 0 Å². The first-order chi connectivity index (χ1) is 9.65. The third-order valence-electron chi connectivity index (χ3n) is 3.54. The Hall–Kier alpha value is -1.87. The lowest BCUT2D eigenvalue weighted by molar-refractivity contribution is 0.414. The zero-order valence-corrected chi connectivity index (χ0v) is 12.1. The monoisotopic (exact) mass is 273 g/mol. The Morgan fingerprint density at radius 1 is 1.15 bits per heavy atom. The zero-order valence-electron chi connectivity index (χ0n) is 12.1. The van der Waals surface area contributed by atoms with Gasteiger partial charge in [-0.05, 0) is 43.7 Å². The number of ether oxygens (including phenoxy) is 1. The van der Waals surface area contributed by atoms with Crippen LogP contribution in [0, 0.1) is 12.7 Å². The van der Waals surface area contributed by atoms with E-state index in [1.807, 2.05) is 43.4 Å². The molecule has 0 heterocycles. The molecule has 2 rings (SSSR count). The SMILES string of the molecule is CNC(Cc1ccc(OC)cc1)c1cccc(C)c1F. The van der Waals surface area contributed by atoms with E-state index in [1.54, 1.807) is 20.1 Å². The highest BCUT2D eigenvalue weighted by atomic mass is 19.1. The molecular weight excluding hydrogens is 253 g/mol. The lowest BCUT2D eigenvalue weighted by atomic mass is 9.97. The van der Waals surface area contributed by atoms with Crippen molar-refractivity contribution >= 4 is 0 Å². The van der Waals surface area contributed by atoms with E-state index in [1.165, 1.54) is 0 Å². The van der Waals surface area contributed by atoms with Crippen LogP contribution < -0.4 is 10.1 Å². The van der Waals surface area contributed by atoms with E-state index in [9.17, 15) is 4.39 Å². The molecule has 2 aromatic rings. The van der Waals surface area contributed by atoms with Gasteiger partial charge in [-0.1, -0.05) is 30.3 Å². The van der Waals surface area contributed by atoms with Gasteiger partial charge in [0.2, 0.25) is 0 Å². The van der Waals surface area contributed by atoms with Crippen molar-refractivity contribution in [2.45, 2.75) is 19.4 Å². The van der Waals surface area contributed by atoms with Gasteiger partial charge < -0.3 is 10.1 Å². The number of halogens is 1. The maximum Gasteiger partial charge on any atom is 0.130 e. The van der Waals surface area contributed by atoms with Crippen LogP contribution in [0.15, 0.2) is 42.5 Å². The van der Waals surface area contributed by atoms with Gasteiger partial charge in [-0.3, -0.25) is 0 Å². The van der Waals surface area contributed by atoms with E-state index in [4.69, 9.17) is 4.74 Å². The Bertz CT molecular complexity index is 566. The predicted molar refractivity (Wildman–Crippen MR) is 79.6 cm³/mol. The summed E-state index contributed by atoms with van der Waals surface area (Å²) in [5.74, 6) is 0.705. The highest BCUT2D eigenvalue weighted by molar-refractivity contribution is 5.31. The molecule has 0 aliphatic carbocycles. The summed E-state index contributed by atoms with van der Waals surface area (Å²) < 4.78 is 19.3. The van der Waals surface area contributed by atoms with Crippen molar-refractivity contribution in [3.63, 3.8) is 0 Å². The summed E-state index contributed by atoms with van der Waals surface area (Å²) in [6.45, 7) is 1.79. The lowest BCUT2D eigenvalue weighted by Gasteiger charge is -2.18. The maximum absolute atomic E-state index is 14.2. The zero-order chi connectivity index (χ0) is 14.5. The van der Waals surface area contributed by atoms with Crippen molar-refractivity contribution in [1.82, 2.24) is 5.32 Å². The van der Waals surface area contributed by atoms with Crippen LogP contribution in [-0.4, -0.2) is 14.2 Å². The Kier molecular flexibility index (Phi) is 4.74. The normalized spacial score (nSPS) is 12.2. The molecule has 0 aromatic heterocycles. The second-order valence-corrected chi connectivity index (χ2v) is 4.87. The smallest absolute Gasteiger partial charge is 0.130 e. The van der Waals surface area contributed by atoms with Crippen LogP contribution in [0.1, 0.15) is 22.7 Å². The summed E-state index contributed by atoms with van der Waals surface area (Å²) in [5, 5.41) is 3.19. The fourth-order valence-corrected chi connectivity index (χ4v) is 2.30. The Balaban J connectivity index is 2.21. The maximum atomic E-state index is 14.2. The number of benzene rings is 2. The van der Waals surface area contributed by atoms with Crippen molar-refractivity contribution in [2.24, 2.45) is 0 Å². The Labute approximate surface area is 119 Å². The van der Waals surface area contributed by atoms with E-state index in [2.05, 4.69) is 5.32 Å². The van der Waals surface area contributed by atoms with E-state index in [-0.39, 0.29) is 11.9 Å². The van der Waals surface area contributed by atoms with Crippen LogP contribution in [-0.2, 0) is 6.42 Å². The first kappa shape index (κ1) is 14.5. The van der Waals surface area contributed by atoms with Crippen LogP contribution in [0.25, 0.3) is 0 Å². The number of likely N-dealkylation sites (N-methyl/N-ethyl adjacent to an activating group) is 1. The summed E-state index contributed by atoms with van der Waals surface area (Å²) in [5.41, 5.74) is 2.53. The van der Waals surface area contributed by atoms with E-state index in [0.29, 0.717) is 11.1 Å². The molecular formula is C17H20FNO. The summed E-state index contributed by atoms with van der Waals surface area (Å²) in [6.07, 6.45) is 0.737. The van der Waals surface area contributed by atoms with Crippen molar-refractivity contribution in [3.05, 3.63) is 65.0 Å². The van der Waals surface area contributed by atoms with Gasteiger partial charge in [0.25, 0.3) is 0 Å². The van der Waals surface area contributed by atoms with E-state index >= 15 is 0 Å². The molecule has 0 saturated carbocycles. The van der Waals surface area contributed by atoms with Crippen LogP contribution in [0.4, 0.5) is 4.39 Å². The van der Waals surface area contributed by atoms with Gasteiger partial charge in [0.1, 0.15) is 11.6 Å². The van der Waals surface area contributed by atoms with Crippen molar-refractivity contribution in [2.75, 3.05) is 14.2 Å². The van der Waals surface area contributed by atoms with E-state index in [0.717, 1.165) is 17.7 Å². The largest absolute Gasteiger partial charge is 0.497 e. The Morgan fingerprint density at radius 3 is 2.45 bits per heavy atom. The number of hydrogen-bond acceptors (Lipinski definition) is 2. The van der Waals surface area contributed by atoms with Gasteiger partial charge in [-0.25, -0.2) is 4.39 Å².